The molecule has 1 aromatic heterocycles. The molecule has 1 aliphatic rings. The molecule has 0 spiro atoms. The van der Waals surface area contributed by atoms with E-state index in [0.29, 0.717) is 30.1 Å². The van der Waals surface area contributed by atoms with Gasteiger partial charge in [-0.3, -0.25) is 0 Å². The lowest BCUT2D eigenvalue weighted by Gasteiger charge is -2.24. The Labute approximate surface area is 126 Å². The van der Waals surface area contributed by atoms with Crippen LogP contribution in [0.1, 0.15) is 61.1 Å². The molecule has 1 aliphatic carbocycles. The van der Waals surface area contributed by atoms with Crippen LogP contribution in [-0.4, -0.2) is 34.9 Å². The number of carbonyl (C=O) groups is 1. The Morgan fingerprint density at radius 2 is 1.90 bits per heavy atom. The van der Waals surface area contributed by atoms with Crippen molar-refractivity contribution in [1.29, 1.82) is 0 Å². The molecule has 0 aromatic carbocycles. The van der Waals surface area contributed by atoms with Crippen molar-refractivity contribution in [3.63, 3.8) is 0 Å². The highest BCUT2D eigenvalue weighted by atomic mass is 16.4. The zero-order valence-corrected chi connectivity index (χ0v) is 13.2. The maximum atomic E-state index is 11.7. The van der Waals surface area contributed by atoms with Crippen LogP contribution in [0.15, 0.2) is 0 Å². The van der Waals surface area contributed by atoms with E-state index in [2.05, 4.69) is 10.2 Å². The van der Waals surface area contributed by atoms with Gasteiger partial charge in [-0.1, -0.05) is 26.7 Å². The van der Waals surface area contributed by atoms with Crippen molar-refractivity contribution in [3.05, 3.63) is 16.8 Å². The van der Waals surface area contributed by atoms with Crippen molar-refractivity contribution in [3.8, 4) is 0 Å². The smallest absolute Gasteiger partial charge is 0.339 e. The Hall–Kier alpha value is -1.65. The maximum absolute atomic E-state index is 11.7. The first-order valence-corrected chi connectivity index (χ1v) is 7.91. The first kappa shape index (κ1) is 15.7. The van der Waals surface area contributed by atoms with E-state index in [0.717, 1.165) is 17.8 Å². The number of hydrogen-bond acceptors (Lipinski definition) is 4. The molecule has 0 aliphatic heterocycles. The van der Waals surface area contributed by atoms with Gasteiger partial charge in [-0.2, -0.15) is 5.10 Å². The third kappa shape index (κ3) is 3.34. The molecule has 2 rings (SSSR count). The molecule has 0 radical (unpaired) electrons. The molecule has 1 heterocycles. The number of hydrogen-bond donors (Lipinski definition) is 1. The summed E-state index contributed by atoms with van der Waals surface area (Å²) in [4.78, 5) is 13.7. The predicted octanol–water partition coefficient (Wildman–Crippen LogP) is 2.93. The van der Waals surface area contributed by atoms with Crippen molar-refractivity contribution in [1.82, 2.24) is 10.2 Å². The van der Waals surface area contributed by atoms with Gasteiger partial charge in [0.25, 0.3) is 0 Å². The second-order valence-electron chi connectivity index (χ2n) is 5.87. The monoisotopic (exact) mass is 291 g/mol. The van der Waals surface area contributed by atoms with Crippen molar-refractivity contribution in [2.45, 2.75) is 52.4 Å². The molecular formula is C16H25N3O2. The molecule has 21 heavy (non-hydrogen) atoms. The van der Waals surface area contributed by atoms with E-state index in [1.165, 1.54) is 25.7 Å². The van der Waals surface area contributed by atoms with Crippen LogP contribution in [0.5, 0.6) is 0 Å². The topological polar surface area (TPSA) is 66.3 Å². The van der Waals surface area contributed by atoms with Crippen molar-refractivity contribution < 1.29 is 9.90 Å². The van der Waals surface area contributed by atoms with E-state index in [-0.39, 0.29) is 0 Å². The summed E-state index contributed by atoms with van der Waals surface area (Å²) in [7, 11) is 1.93. The number of anilines is 1. The number of aromatic carboxylic acids is 1. The van der Waals surface area contributed by atoms with Crippen LogP contribution in [-0.2, 0) is 12.8 Å². The standard InChI is InChI=1S/C16H25N3O2/c1-4-12-13(5-2)17-18-15(14(12)16(20)21)19(3)10-11-8-6-7-9-11/h11H,4-10H2,1-3H3,(H,20,21). The average Bonchev–Trinajstić information content (AvgIpc) is 2.98. The fourth-order valence-corrected chi connectivity index (χ4v) is 3.32. The summed E-state index contributed by atoms with van der Waals surface area (Å²) in [5.74, 6) is 0.266. The van der Waals surface area contributed by atoms with E-state index in [1.54, 1.807) is 0 Å². The van der Waals surface area contributed by atoms with E-state index in [9.17, 15) is 9.90 Å². The second-order valence-corrected chi connectivity index (χ2v) is 5.87. The fourth-order valence-electron chi connectivity index (χ4n) is 3.32. The number of aromatic nitrogens is 2. The largest absolute Gasteiger partial charge is 0.478 e. The molecule has 0 saturated heterocycles. The highest BCUT2D eigenvalue weighted by molar-refractivity contribution is 5.95. The van der Waals surface area contributed by atoms with Crippen LogP contribution in [0.4, 0.5) is 5.82 Å². The average molecular weight is 291 g/mol. The highest BCUT2D eigenvalue weighted by Crippen LogP contribution is 2.28. The van der Waals surface area contributed by atoms with Crippen LogP contribution in [0.3, 0.4) is 0 Å². The normalized spacial score (nSPS) is 15.4. The van der Waals surface area contributed by atoms with Gasteiger partial charge < -0.3 is 10.0 Å². The molecule has 1 saturated carbocycles. The molecule has 0 bridgehead atoms. The molecule has 0 unspecified atom stereocenters. The summed E-state index contributed by atoms with van der Waals surface area (Å²) in [6.07, 6.45) is 6.41. The first-order chi connectivity index (χ1) is 10.1. The molecule has 1 N–H and O–H groups in total. The van der Waals surface area contributed by atoms with Gasteiger partial charge in [0, 0.05) is 13.6 Å². The molecular weight excluding hydrogens is 266 g/mol. The van der Waals surface area contributed by atoms with Crippen LogP contribution in [0, 0.1) is 5.92 Å². The Morgan fingerprint density at radius 3 is 2.43 bits per heavy atom. The van der Waals surface area contributed by atoms with Gasteiger partial charge in [0.05, 0.1) is 5.69 Å². The Kier molecular flexibility index (Phi) is 5.15. The summed E-state index contributed by atoms with van der Waals surface area (Å²) in [6.45, 7) is 4.82. The third-order valence-electron chi connectivity index (χ3n) is 4.41. The van der Waals surface area contributed by atoms with Crippen LogP contribution in [0.25, 0.3) is 0 Å². The zero-order valence-electron chi connectivity index (χ0n) is 13.2. The van der Waals surface area contributed by atoms with Crippen LogP contribution in [0.2, 0.25) is 0 Å². The van der Waals surface area contributed by atoms with Crippen LogP contribution < -0.4 is 4.90 Å². The van der Waals surface area contributed by atoms with E-state index < -0.39 is 5.97 Å². The number of rotatable bonds is 6. The molecule has 0 amide bonds. The fraction of sp³-hybridized carbons (Fsp3) is 0.688. The summed E-state index contributed by atoms with van der Waals surface area (Å²) in [6, 6.07) is 0. The quantitative estimate of drug-likeness (QED) is 0.873. The van der Waals surface area contributed by atoms with Crippen molar-refractivity contribution in [2.75, 3.05) is 18.5 Å². The molecule has 0 atom stereocenters. The Balaban J connectivity index is 2.35. The molecule has 5 nitrogen and oxygen atoms in total. The summed E-state index contributed by atoms with van der Waals surface area (Å²) in [5.41, 5.74) is 1.96. The first-order valence-electron chi connectivity index (χ1n) is 7.91. The highest BCUT2D eigenvalue weighted by Gasteiger charge is 2.25. The van der Waals surface area contributed by atoms with Gasteiger partial charge >= 0.3 is 5.97 Å². The Morgan fingerprint density at radius 1 is 1.24 bits per heavy atom. The van der Waals surface area contributed by atoms with E-state index >= 15 is 0 Å². The summed E-state index contributed by atoms with van der Waals surface area (Å²) in [5, 5.41) is 18.1. The van der Waals surface area contributed by atoms with Gasteiger partial charge in [0.1, 0.15) is 5.56 Å². The minimum Gasteiger partial charge on any atom is -0.478 e. The number of nitrogens with zero attached hydrogens (tertiary/aromatic N) is 3. The summed E-state index contributed by atoms with van der Waals surface area (Å²) < 4.78 is 0. The number of aryl methyl sites for hydroxylation is 1. The molecule has 1 fully saturated rings. The Bertz CT molecular complexity index is 510. The van der Waals surface area contributed by atoms with Gasteiger partial charge in [0.2, 0.25) is 0 Å². The maximum Gasteiger partial charge on any atom is 0.339 e. The summed E-state index contributed by atoms with van der Waals surface area (Å²) >= 11 is 0. The van der Waals surface area contributed by atoms with Crippen molar-refractivity contribution in [2.24, 2.45) is 5.92 Å². The predicted molar refractivity (Wildman–Crippen MR) is 83.0 cm³/mol. The van der Waals surface area contributed by atoms with Gasteiger partial charge in [-0.15, -0.1) is 5.10 Å². The lowest BCUT2D eigenvalue weighted by molar-refractivity contribution is 0.0695. The van der Waals surface area contributed by atoms with Gasteiger partial charge in [0.15, 0.2) is 5.82 Å². The molecule has 1 aromatic rings. The number of carboxylic acid groups (broad SMARTS) is 1. The zero-order chi connectivity index (χ0) is 15.4. The minimum atomic E-state index is -0.898. The molecule has 116 valence electrons. The SMILES string of the molecule is CCc1nnc(N(C)CC2CCCC2)c(C(=O)O)c1CC. The van der Waals surface area contributed by atoms with E-state index in [1.807, 2.05) is 25.8 Å². The number of carboxylic acids is 1. The van der Waals surface area contributed by atoms with Crippen molar-refractivity contribution >= 4 is 11.8 Å². The lowest BCUT2D eigenvalue weighted by Crippen LogP contribution is -2.28. The molecule has 5 heteroatoms. The van der Waals surface area contributed by atoms with E-state index in [4.69, 9.17) is 0 Å². The van der Waals surface area contributed by atoms with Crippen LogP contribution >= 0.6 is 0 Å². The third-order valence-corrected chi connectivity index (χ3v) is 4.41. The van der Waals surface area contributed by atoms with Gasteiger partial charge in [-0.05, 0) is 37.2 Å². The minimum absolute atomic E-state index is 0.338. The lowest BCUT2D eigenvalue weighted by atomic mass is 10.0. The second kappa shape index (κ2) is 6.87. The van der Waals surface area contributed by atoms with Gasteiger partial charge in [-0.25, -0.2) is 4.79 Å².